The van der Waals surface area contributed by atoms with E-state index in [1.807, 2.05) is 18.2 Å². The number of carbonyl (C=O) groups is 1. The third-order valence-corrected chi connectivity index (χ3v) is 4.06. The van der Waals surface area contributed by atoms with Gasteiger partial charge in [-0.2, -0.15) is 0 Å². The maximum atomic E-state index is 12.7. The molecule has 3 atom stereocenters. The molecule has 1 amide bonds. The van der Waals surface area contributed by atoms with Gasteiger partial charge in [-0.25, -0.2) is 0 Å². The molecule has 0 aliphatic carbocycles. The quantitative estimate of drug-likeness (QED) is 0.861. The van der Waals surface area contributed by atoms with Crippen LogP contribution in [0.3, 0.4) is 0 Å². The van der Waals surface area contributed by atoms with Gasteiger partial charge in [0.05, 0.1) is 6.04 Å². The molecule has 0 bridgehead atoms. The van der Waals surface area contributed by atoms with E-state index in [2.05, 4.69) is 43.1 Å². The molecule has 1 aliphatic rings. The molecule has 3 heteroatoms. The van der Waals surface area contributed by atoms with Crippen molar-refractivity contribution < 1.29 is 4.79 Å². The Bertz CT molecular complexity index is 432. The van der Waals surface area contributed by atoms with Crippen LogP contribution in [0, 0.1) is 0 Å². The van der Waals surface area contributed by atoms with Crippen molar-refractivity contribution >= 4 is 5.91 Å². The highest BCUT2D eigenvalue weighted by molar-refractivity contribution is 5.84. The third-order valence-electron chi connectivity index (χ3n) is 4.06. The summed E-state index contributed by atoms with van der Waals surface area (Å²) in [5.41, 5.74) is 1.18. The highest BCUT2D eigenvalue weighted by Crippen LogP contribution is 2.30. The first kappa shape index (κ1) is 15.0. The number of benzene rings is 1. The number of amides is 1. The topological polar surface area (TPSA) is 32.3 Å². The first-order valence-corrected chi connectivity index (χ1v) is 7.82. The zero-order valence-corrected chi connectivity index (χ0v) is 12.8. The highest BCUT2D eigenvalue weighted by Gasteiger charge is 2.40. The standard InChI is InChI=1S/C17H26N2O/c1-4-9-13(3)19-16(14-11-7-6-8-12-14)18-15(10-5-2)17(19)20/h6-8,11-13,15-16,18H,4-5,9-10H2,1-3H3. The Hall–Kier alpha value is -1.35. The lowest BCUT2D eigenvalue weighted by atomic mass is 10.1. The first-order valence-electron chi connectivity index (χ1n) is 7.82. The maximum Gasteiger partial charge on any atom is 0.241 e. The Morgan fingerprint density at radius 3 is 2.50 bits per heavy atom. The molecule has 1 saturated heterocycles. The summed E-state index contributed by atoms with van der Waals surface area (Å²) in [6.45, 7) is 6.46. The Balaban J connectivity index is 2.25. The molecular weight excluding hydrogens is 248 g/mol. The van der Waals surface area contributed by atoms with Gasteiger partial charge in [-0.05, 0) is 25.3 Å². The lowest BCUT2D eigenvalue weighted by Gasteiger charge is -2.30. The molecule has 0 radical (unpaired) electrons. The smallest absolute Gasteiger partial charge is 0.241 e. The minimum absolute atomic E-state index is 0.0236. The van der Waals surface area contributed by atoms with Gasteiger partial charge < -0.3 is 4.90 Å². The van der Waals surface area contributed by atoms with Gasteiger partial charge in [-0.1, -0.05) is 57.0 Å². The molecule has 1 aliphatic heterocycles. The monoisotopic (exact) mass is 274 g/mol. The molecule has 1 aromatic rings. The van der Waals surface area contributed by atoms with Crippen molar-refractivity contribution in [2.24, 2.45) is 0 Å². The molecule has 1 aromatic carbocycles. The van der Waals surface area contributed by atoms with Crippen molar-refractivity contribution in [1.29, 1.82) is 0 Å². The van der Waals surface area contributed by atoms with Crippen molar-refractivity contribution in [3.8, 4) is 0 Å². The van der Waals surface area contributed by atoms with E-state index < -0.39 is 0 Å². The van der Waals surface area contributed by atoms with E-state index in [1.165, 1.54) is 5.56 Å². The van der Waals surface area contributed by atoms with Crippen LogP contribution in [0.2, 0.25) is 0 Å². The van der Waals surface area contributed by atoms with Crippen LogP contribution in [0.5, 0.6) is 0 Å². The average Bonchev–Trinajstić information content (AvgIpc) is 2.78. The Kier molecular flexibility index (Phi) is 5.18. The van der Waals surface area contributed by atoms with Crippen molar-refractivity contribution in [1.82, 2.24) is 10.2 Å². The van der Waals surface area contributed by atoms with E-state index in [4.69, 9.17) is 0 Å². The number of nitrogens with one attached hydrogen (secondary N) is 1. The predicted octanol–water partition coefficient (Wildman–Crippen LogP) is 3.47. The second-order valence-corrected chi connectivity index (χ2v) is 5.70. The van der Waals surface area contributed by atoms with Gasteiger partial charge in [-0.15, -0.1) is 0 Å². The molecule has 2 rings (SSSR count). The van der Waals surface area contributed by atoms with Crippen molar-refractivity contribution in [3.05, 3.63) is 35.9 Å². The van der Waals surface area contributed by atoms with Crippen LogP contribution in [-0.4, -0.2) is 22.9 Å². The lowest BCUT2D eigenvalue weighted by Crippen LogP contribution is -2.38. The summed E-state index contributed by atoms with van der Waals surface area (Å²) < 4.78 is 0. The van der Waals surface area contributed by atoms with E-state index in [0.717, 1.165) is 25.7 Å². The van der Waals surface area contributed by atoms with Gasteiger partial charge in [0.2, 0.25) is 5.91 Å². The van der Waals surface area contributed by atoms with Gasteiger partial charge in [0.15, 0.2) is 0 Å². The molecule has 3 unspecified atom stereocenters. The average molecular weight is 274 g/mol. The Morgan fingerprint density at radius 2 is 1.90 bits per heavy atom. The van der Waals surface area contributed by atoms with Gasteiger partial charge in [-0.3, -0.25) is 10.1 Å². The number of nitrogens with zero attached hydrogens (tertiary/aromatic N) is 1. The van der Waals surface area contributed by atoms with E-state index in [1.54, 1.807) is 0 Å². The molecular formula is C17H26N2O. The second kappa shape index (κ2) is 6.89. The molecule has 1 N–H and O–H groups in total. The SMILES string of the molecule is CCCC1NC(c2ccccc2)N(C(C)CCC)C1=O. The van der Waals surface area contributed by atoms with Crippen molar-refractivity contribution in [2.75, 3.05) is 0 Å². The zero-order valence-electron chi connectivity index (χ0n) is 12.8. The molecule has 0 aromatic heterocycles. The van der Waals surface area contributed by atoms with Crippen LogP contribution < -0.4 is 5.32 Å². The van der Waals surface area contributed by atoms with Crippen LogP contribution >= 0.6 is 0 Å². The number of rotatable bonds is 6. The summed E-state index contributed by atoms with van der Waals surface area (Å²) in [7, 11) is 0. The maximum absolute atomic E-state index is 12.7. The predicted molar refractivity (Wildman–Crippen MR) is 82.2 cm³/mol. The summed E-state index contributed by atoms with van der Waals surface area (Å²) in [4.78, 5) is 14.7. The van der Waals surface area contributed by atoms with Crippen LogP contribution in [0.4, 0.5) is 0 Å². The fraction of sp³-hybridized carbons (Fsp3) is 0.588. The largest absolute Gasteiger partial charge is 0.319 e. The third kappa shape index (κ3) is 3.04. The van der Waals surface area contributed by atoms with Gasteiger partial charge in [0, 0.05) is 6.04 Å². The zero-order chi connectivity index (χ0) is 14.5. The fourth-order valence-electron chi connectivity index (χ4n) is 3.07. The van der Waals surface area contributed by atoms with Crippen LogP contribution in [0.25, 0.3) is 0 Å². The van der Waals surface area contributed by atoms with Crippen LogP contribution in [-0.2, 0) is 4.79 Å². The fourth-order valence-corrected chi connectivity index (χ4v) is 3.07. The van der Waals surface area contributed by atoms with Gasteiger partial charge >= 0.3 is 0 Å². The summed E-state index contributed by atoms with van der Waals surface area (Å²) in [6, 6.07) is 10.6. The molecule has 0 spiro atoms. The lowest BCUT2D eigenvalue weighted by molar-refractivity contribution is -0.132. The summed E-state index contributed by atoms with van der Waals surface area (Å²) >= 11 is 0. The van der Waals surface area contributed by atoms with Crippen molar-refractivity contribution in [3.63, 3.8) is 0 Å². The number of hydrogen-bond acceptors (Lipinski definition) is 2. The number of hydrogen-bond donors (Lipinski definition) is 1. The van der Waals surface area contributed by atoms with E-state index in [-0.39, 0.29) is 24.2 Å². The minimum Gasteiger partial charge on any atom is -0.319 e. The summed E-state index contributed by atoms with van der Waals surface area (Å²) in [6.07, 6.45) is 4.13. The van der Waals surface area contributed by atoms with Crippen LogP contribution in [0.1, 0.15) is 58.2 Å². The normalized spacial score (nSPS) is 24.1. The summed E-state index contributed by atoms with van der Waals surface area (Å²) in [5, 5.41) is 3.52. The Labute approximate surface area is 122 Å². The molecule has 3 nitrogen and oxygen atoms in total. The highest BCUT2D eigenvalue weighted by atomic mass is 16.2. The molecule has 1 heterocycles. The van der Waals surface area contributed by atoms with Crippen LogP contribution in [0.15, 0.2) is 30.3 Å². The number of carbonyl (C=O) groups excluding carboxylic acids is 1. The van der Waals surface area contributed by atoms with Gasteiger partial charge in [0.1, 0.15) is 6.17 Å². The summed E-state index contributed by atoms with van der Waals surface area (Å²) in [5.74, 6) is 0.265. The van der Waals surface area contributed by atoms with E-state index >= 15 is 0 Å². The second-order valence-electron chi connectivity index (χ2n) is 5.70. The Morgan fingerprint density at radius 1 is 1.20 bits per heavy atom. The molecule has 0 saturated carbocycles. The molecule has 20 heavy (non-hydrogen) atoms. The minimum atomic E-state index is -0.0236. The first-order chi connectivity index (χ1) is 9.69. The molecule has 1 fully saturated rings. The molecule has 110 valence electrons. The van der Waals surface area contributed by atoms with Gasteiger partial charge in [0.25, 0.3) is 0 Å². The van der Waals surface area contributed by atoms with E-state index in [9.17, 15) is 4.79 Å². The van der Waals surface area contributed by atoms with E-state index in [0.29, 0.717) is 0 Å². The van der Waals surface area contributed by atoms with Crippen molar-refractivity contribution in [2.45, 2.75) is 64.7 Å².